The largest absolute Gasteiger partial charge is 0.338 e. The first-order valence-corrected chi connectivity index (χ1v) is 12.2. The second-order valence-electron chi connectivity index (χ2n) is 11.0. The van der Waals surface area contributed by atoms with Crippen molar-refractivity contribution in [3.8, 4) is 0 Å². The van der Waals surface area contributed by atoms with Crippen LogP contribution in [0.2, 0.25) is 0 Å². The quantitative estimate of drug-likeness (QED) is 0.533. The predicted octanol–water partition coefficient (Wildman–Crippen LogP) is 1.09. The average Bonchev–Trinajstić information content (AvgIpc) is 3.02. The van der Waals surface area contributed by atoms with E-state index in [4.69, 9.17) is 0 Å². The number of ketones is 1. The number of quaternary nitrogens is 2. The van der Waals surface area contributed by atoms with E-state index in [0.29, 0.717) is 12.2 Å². The zero-order valence-electron chi connectivity index (χ0n) is 21.1. The summed E-state index contributed by atoms with van der Waals surface area (Å²) in [6, 6.07) is 8.76. The zero-order chi connectivity index (χ0) is 23.2. The third-order valence-corrected chi connectivity index (χ3v) is 7.01. The first kappa shape index (κ1) is 22.9. The van der Waals surface area contributed by atoms with Crippen LogP contribution in [-0.2, 0) is 25.9 Å². The molecule has 172 valence electrons. The Hall–Kier alpha value is -2.24. The zero-order valence-corrected chi connectivity index (χ0v) is 21.1. The molecule has 2 N–H and O–H groups in total. The summed E-state index contributed by atoms with van der Waals surface area (Å²) in [6.07, 6.45) is 2.55. The Labute approximate surface area is 192 Å². The van der Waals surface area contributed by atoms with Gasteiger partial charge in [0.15, 0.2) is 23.7 Å². The van der Waals surface area contributed by atoms with Crippen LogP contribution in [0.1, 0.15) is 48.9 Å². The van der Waals surface area contributed by atoms with E-state index >= 15 is 0 Å². The summed E-state index contributed by atoms with van der Waals surface area (Å²) in [5, 5.41) is 2.59. The van der Waals surface area contributed by atoms with Crippen LogP contribution in [0.15, 0.2) is 24.3 Å². The molecule has 3 aromatic rings. The molecular formula is C27H41N4O+3. The van der Waals surface area contributed by atoms with Crippen molar-refractivity contribution in [1.82, 2.24) is 4.57 Å². The number of nitrogens with one attached hydrogen (secondary N) is 2. The molecule has 32 heavy (non-hydrogen) atoms. The van der Waals surface area contributed by atoms with Crippen LogP contribution < -0.4 is 14.4 Å². The van der Waals surface area contributed by atoms with Crippen LogP contribution in [0, 0.1) is 5.41 Å². The van der Waals surface area contributed by atoms with Crippen molar-refractivity contribution in [2.24, 2.45) is 5.41 Å². The Morgan fingerprint density at radius 1 is 1.03 bits per heavy atom. The summed E-state index contributed by atoms with van der Waals surface area (Å²) in [6.45, 7) is 10.7. The number of carbonyl (C=O) groups is 1. The maximum absolute atomic E-state index is 13.7. The van der Waals surface area contributed by atoms with Crippen molar-refractivity contribution in [2.45, 2.75) is 53.1 Å². The second-order valence-corrected chi connectivity index (χ2v) is 11.0. The van der Waals surface area contributed by atoms with Crippen molar-refractivity contribution in [1.29, 1.82) is 0 Å². The number of hydrogen-bond acceptors (Lipinski definition) is 1. The standard InChI is InChI=1S/C27H39N4O/c1-8-20-24-19-11-9-10-12-21(19)31(16-14-29(6)7)26(24)25-22(30(20)15-13-28(4)5)17-27(2,3)18-23(25)32/h9-12H,8,13-18H2,1-7H3/q+1/p+2. The van der Waals surface area contributed by atoms with Crippen LogP contribution >= 0.6 is 0 Å². The van der Waals surface area contributed by atoms with Gasteiger partial charge in [-0.2, -0.15) is 4.57 Å². The van der Waals surface area contributed by atoms with Gasteiger partial charge >= 0.3 is 0 Å². The van der Waals surface area contributed by atoms with Crippen molar-refractivity contribution in [2.75, 3.05) is 41.3 Å². The predicted molar refractivity (Wildman–Crippen MR) is 131 cm³/mol. The fourth-order valence-electron chi connectivity index (χ4n) is 5.48. The number of rotatable bonds is 7. The van der Waals surface area contributed by atoms with Gasteiger partial charge in [0.1, 0.15) is 12.1 Å². The smallest absolute Gasteiger partial charge is 0.197 e. The second kappa shape index (κ2) is 8.60. The van der Waals surface area contributed by atoms with Gasteiger partial charge < -0.3 is 14.4 Å². The minimum atomic E-state index is 0.000124. The van der Waals surface area contributed by atoms with Crippen molar-refractivity contribution < 1.29 is 19.2 Å². The summed E-state index contributed by atoms with van der Waals surface area (Å²) < 4.78 is 4.98. The van der Waals surface area contributed by atoms with Crippen molar-refractivity contribution >= 4 is 27.6 Å². The molecule has 0 aliphatic heterocycles. The first-order chi connectivity index (χ1) is 15.1. The molecule has 5 heteroatoms. The van der Waals surface area contributed by atoms with E-state index in [1.807, 2.05) is 0 Å². The van der Waals surface area contributed by atoms with Gasteiger partial charge in [0.25, 0.3) is 0 Å². The van der Waals surface area contributed by atoms with E-state index < -0.39 is 0 Å². The normalized spacial score (nSPS) is 16.0. The Balaban J connectivity index is 2.14. The van der Waals surface area contributed by atoms with Gasteiger partial charge in [0, 0.05) is 30.2 Å². The molecule has 1 aliphatic rings. The maximum Gasteiger partial charge on any atom is 0.197 e. The molecule has 0 spiro atoms. The van der Waals surface area contributed by atoms with E-state index in [1.165, 1.54) is 43.0 Å². The molecule has 0 unspecified atom stereocenters. The minimum absolute atomic E-state index is 0.000124. The highest BCUT2D eigenvalue weighted by Gasteiger charge is 2.41. The number of aryl methyl sites for hydroxylation is 1. The first-order valence-electron chi connectivity index (χ1n) is 12.2. The summed E-state index contributed by atoms with van der Waals surface area (Å²) in [7, 11) is 8.82. The molecule has 2 aromatic heterocycles. The third-order valence-electron chi connectivity index (χ3n) is 7.01. The highest BCUT2D eigenvalue weighted by molar-refractivity contribution is 6.17. The average molecular weight is 438 g/mol. The molecule has 0 amide bonds. The highest BCUT2D eigenvalue weighted by Crippen LogP contribution is 2.40. The van der Waals surface area contributed by atoms with Gasteiger partial charge in [-0.05, 0) is 11.5 Å². The van der Waals surface area contributed by atoms with E-state index in [1.54, 1.807) is 0 Å². The van der Waals surface area contributed by atoms with Gasteiger partial charge in [-0.25, -0.2) is 0 Å². The Bertz CT molecular complexity index is 1170. The number of pyridine rings is 1. The number of fused-ring (bicyclic) bond motifs is 5. The van der Waals surface area contributed by atoms with Gasteiger partial charge in [-0.15, -0.1) is 0 Å². The lowest BCUT2D eigenvalue weighted by molar-refractivity contribution is -0.884. The Morgan fingerprint density at radius 3 is 2.38 bits per heavy atom. The molecule has 4 rings (SSSR count). The number of aromatic nitrogens is 2. The van der Waals surface area contributed by atoms with Crippen LogP contribution in [0.4, 0.5) is 0 Å². The third kappa shape index (κ3) is 3.97. The minimum Gasteiger partial charge on any atom is -0.338 e. The van der Waals surface area contributed by atoms with E-state index in [9.17, 15) is 4.79 Å². The van der Waals surface area contributed by atoms with Gasteiger partial charge in [0.05, 0.1) is 52.2 Å². The molecule has 0 fully saturated rings. The van der Waals surface area contributed by atoms with E-state index in [2.05, 4.69) is 82.4 Å². The lowest BCUT2D eigenvalue weighted by Crippen LogP contribution is -3.06. The molecule has 0 radical (unpaired) electrons. The number of likely N-dealkylation sites (N-methyl/N-ethyl adjacent to an activating group) is 2. The number of benzene rings is 1. The fourth-order valence-corrected chi connectivity index (χ4v) is 5.48. The molecule has 5 nitrogen and oxygen atoms in total. The molecule has 0 atom stereocenters. The lowest BCUT2D eigenvalue weighted by Gasteiger charge is -2.29. The summed E-state index contributed by atoms with van der Waals surface area (Å²) >= 11 is 0. The maximum atomic E-state index is 13.7. The van der Waals surface area contributed by atoms with Crippen molar-refractivity contribution in [3.05, 3.63) is 41.2 Å². The van der Waals surface area contributed by atoms with E-state index in [-0.39, 0.29) is 5.41 Å². The van der Waals surface area contributed by atoms with Crippen LogP contribution in [0.5, 0.6) is 0 Å². The summed E-state index contributed by atoms with van der Waals surface area (Å²) in [4.78, 5) is 16.6. The Morgan fingerprint density at radius 2 is 1.72 bits per heavy atom. The van der Waals surface area contributed by atoms with Gasteiger partial charge in [-0.1, -0.05) is 39.0 Å². The van der Waals surface area contributed by atoms with Gasteiger partial charge in [-0.3, -0.25) is 4.79 Å². The lowest BCUT2D eigenvalue weighted by atomic mass is 9.74. The molecular weight excluding hydrogens is 396 g/mol. The van der Waals surface area contributed by atoms with E-state index in [0.717, 1.165) is 44.6 Å². The summed E-state index contributed by atoms with van der Waals surface area (Å²) in [5.74, 6) is 0.316. The van der Waals surface area contributed by atoms with Crippen molar-refractivity contribution in [3.63, 3.8) is 0 Å². The topological polar surface area (TPSA) is 34.8 Å². The highest BCUT2D eigenvalue weighted by atomic mass is 16.1. The number of carbonyl (C=O) groups excluding carboxylic acids is 1. The molecule has 2 heterocycles. The number of hydrogen-bond donors (Lipinski definition) is 2. The van der Waals surface area contributed by atoms with Gasteiger partial charge in [0.2, 0.25) is 0 Å². The molecule has 0 saturated heterocycles. The van der Waals surface area contributed by atoms with Crippen LogP contribution in [-0.4, -0.2) is 51.6 Å². The molecule has 0 bridgehead atoms. The summed E-state index contributed by atoms with van der Waals surface area (Å²) in [5.41, 5.74) is 6.09. The number of nitrogens with zero attached hydrogens (tertiary/aromatic N) is 2. The Kier molecular flexibility index (Phi) is 6.17. The molecule has 1 aromatic carbocycles. The monoisotopic (exact) mass is 437 g/mol. The molecule has 0 saturated carbocycles. The molecule has 1 aliphatic carbocycles. The fraction of sp³-hybridized carbons (Fsp3) is 0.556. The van der Waals surface area contributed by atoms with Crippen LogP contribution in [0.25, 0.3) is 21.8 Å². The number of Topliss-reactive ketones (excluding diaryl/α,β-unsaturated/α-hetero) is 1. The van der Waals surface area contributed by atoms with Crippen LogP contribution in [0.3, 0.4) is 0 Å². The SMILES string of the molecule is CCc1c2c3ccccc3n(CC[NH+](C)C)c2c2c([n+]1CC[NH+](C)C)CC(C)(C)CC2=O. The number of para-hydroxylation sites is 1.